The van der Waals surface area contributed by atoms with E-state index in [1.165, 1.54) is 0 Å². The smallest absolute Gasteiger partial charge is 0.241 e. The number of nitrogens with zero attached hydrogens (tertiary/aromatic N) is 1. The molecule has 2 atom stereocenters. The number of methoxy groups -OCH3 is 1. The first kappa shape index (κ1) is 13.5. The van der Waals surface area contributed by atoms with Crippen LogP contribution in [-0.4, -0.2) is 43.3 Å². The van der Waals surface area contributed by atoms with Gasteiger partial charge in [0.25, 0.3) is 0 Å². The molecule has 1 rings (SSSR count). The summed E-state index contributed by atoms with van der Waals surface area (Å²) in [5.41, 5.74) is 0. The van der Waals surface area contributed by atoms with Gasteiger partial charge in [0, 0.05) is 20.3 Å². The molecule has 16 heavy (non-hydrogen) atoms. The van der Waals surface area contributed by atoms with Gasteiger partial charge >= 0.3 is 0 Å². The molecule has 0 bridgehead atoms. The SMILES string of the molecule is COCCCCN1C(=O)C(C(C)C)NC1C. The lowest BCUT2D eigenvalue weighted by molar-refractivity contribution is -0.130. The molecule has 0 saturated carbocycles. The van der Waals surface area contributed by atoms with Crippen molar-refractivity contribution >= 4 is 5.91 Å². The van der Waals surface area contributed by atoms with Crippen LogP contribution < -0.4 is 5.32 Å². The Labute approximate surface area is 98.3 Å². The van der Waals surface area contributed by atoms with Crippen LogP contribution in [0.2, 0.25) is 0 Å². The van der Waals surface area contributed by atoms with Gasteiger partial charge in [-0.1, -0.05) is 13.8 Å². The largest absolute Gasteiger partial charge is 0.385 e. The van der Waals surface area contributed by atoms with Crippen molar-refractivity contribution in [3.05, 3.63) is 0 Å². The van der Waals surface area contributed by atoms with E-state index in [0.29, 0.717) is 5.92 Å². The zero-order valence-corrected chi connectivity index (χ0v) is 10.8. The normalized spacial score (nSPS) is 25.8. The van der Waals surface area contributed by atoms with E-state index in [4.69, 9.17) is 4.74 Å². The minimum Gasteiger partial charge on any atom is -0.385 e. The Balaban J connectivity index is 2.39. The second-order valence-electron chi connectivity index (χ2n) is 4.80. The van der Waals surface area contributed by atoms with E-state index < -0.39 is 0 Å². The third kappa shape index (κ3) is 3.19. The third-order valence-corrected chi connectivity index (χ3v) is 3.10. The van der Waals surface area contributed by atoms with Crippen LogP contribution >= 0.6 is 0 Å². The summed E-state index contributed by atoms with van der Waals surface area (Å²) in [6.45, 7) is 7.82. The van der Waals surface area contributed by atoms with Crippen molar-refractivity contribution in [3.8, 4) is 0 Å². The van der Waals surface area contributed by atoms with Crippen LogP contribution in [-0.2, 0) is 9.53 Å². The molecule has 0 aromatic rings. The number of hydrogen-bond acceptors (Lipinski definition) is 3. The number of ether oxygens (including phenoxy) is 1. The summed E-state index contributed by atoms with van der Waals surface area (Å²) in [6, 6.07) is -0.00238. The molecule has 1 saturated heterocycles. The van der Waals surface area contributed by atoms with Crippen LogP contribution in [0.15, 0.2) is 0 Å². The van der Waals surface area contributed by atoms with E-state index in [9.17, 15) is 4.79 Å². The Morgan fingerprint density at radius 1 is 1.44 bits per heavy atom. The second kappa shape index (κ2) is 6.21. The standard InChI is InChI=1S/C12H24N2O2/c1-9(2)11-12(15)14(10(3)13-11)7-5-6-8-16-4/h9-11,13H,5-8H2,1-4H3. The van der Waals surface area contributed by atoms with Crippen LogP contribution in [0.4, 0.5) is 0 Å². The highest BCUT2D eigenvalue weighted by Crippen LogP contribution is 2.17. The van der Waals surface area contributed by atoms with Crippen molar-refractivity contribution in [1.29, 1.82) is 0 Å². The number of amides is 1. The molecule has 1 aliphatic heterocycles. The van der Waals surface area contributed by atoms with E-state index in [1.54, 1.807) is 7.11 Å². The van der Waals surface area contributed by atoms with Crippen LogP contribution in [0.3, 0.4) is 0 Å². The average Bonchev–Trinajstić information content (AvgIpc) is 2.51. The fourth-order valence-corrected chi connectivity index (χ4v) is 2.10. The number of unbranched alkanes of at least 4 members (excludes halogenated alkanes) is 1. The molecular formula is C12H24N2O2. The van der Waals surface area contributed by atoms with Crippen LogP contribution in [0, 0.1) is 5.92 Å². The quantitative estimate of drug-likeness (QED) is 0.695. The van der Waals surface area contributed by atoms with Crippen molar-refractivity contribution in [3.63, 3.8) is 0 Å². The number of carbonyl (C=O) groups is 1. The molecule has 1 amide bonds. The van der Waals surface area contributed by atoms with Gasteiger partial charge in [0.15, 0.2) is 0 Å². The Kier molecular flexibility index (Phi) is 5.22. The summed E-state index contributed by atoms with van der Waals surface area (Å²) in [7, 11) is 1.71. The number of rotatable bonds is 6. The van der Waals surface area contributed by atoms with Crippen molar-refractivity contribution < 1.29 is 9.53 Å². The molecule has 0 radical (unpaired) electrons. The molecule has 94 valence electrons. The zero-order chi connectivity index (χ0) is 12.1. The van der Waals surface area contributed by atoms with Gasteiger partial charge in [-0.15, -0.1) is 0 Å². The third-order valence-electron chi connectivity index (χ3n) is 3.10. The lowest BCUT2D eigenvalue weighted by Gasteiger charge is -2.20. The van der Waals surface area contributed by atoms with E-state index in [1.807, 2.05) is 4.90 Å². The Bertz CT molecular complexity index is 231. The molecule has 0 aliphatic carbocycles. The molecule has 1 N–H and O–H groups in total. The fourth-order valence-electron chi connectivity index (χ4n) is 2.10. The molecular weight excluding hydrogens is 204 g/mol. The highest BCUT2D eigenvalue weighted by molar-refractivity contribution is 5.84. The van der Waals surface area contributed by atoms with Crippen molar-refractivity contribution in [2.24, 2.45) is 5.92 Å². The maximum Gasteiger partial charge on any atom is 0.241 e. The molecule has 1 heterocycles. The molecule has 1 aliphatic rings. The Morgan fingerprint density at radius 3 is 2.62 bits per heavy atom. The topological polar surface area (TPSA) is 41.6 Å². The predicted octanol–water partition coefficient (Wildman–Crippen LogP) is 1.22. The minimum atomic E-state index is -0.00238. The first-order chi connectivity index (χ1) is 7.57. The first-order valence-corrected chi connectivity index (χ1v) is 6.13. The summed E-state index contributed by atoms with van der Waals surface area (Å²) in [5, 5.41) is 3.34. The molecule has 4 nitrogen and oxygen atoms in total. The summed E-state index contributed by atoms with van der Waals surface area (Å²) in [4.78, 5) is 14.0. The summed E-state index contributed by atoms with van der Waals surface area (Å²) in [6.07, 6.45) is 2.19. The zero-order valence-electron chi connectivity index (χ0n) is 10.8. The van der Waals surface area contributed by atoms with E-state index in [-0.39, 0.29) is 18.1 Å². The predicted molar refractivity (Wildman–Crippen MR) is 64.0 cm³/mol. The molecule has 0 aromatic heterocycles. The molecule has 4 heteroatoms. The lowest BCUT2D eigenvalue weighted by atomic mass is 10.1. The van der Waals surface area contributed by atoms with Crippen LogP contribution in [0.1, 0.15) is 33.6 Å². The van der Waals surface area contributed by atoms with Crippen LogP contribution in [0.5, 0.6) is 0 Å². The summed E-state index contributed by atoms with van der Waals surface area (Å²) >= 11 is 0. The minimum absolute atomic E-state index is 0.00238. The highest BCUT2D eigenvalue weighted by Gasteiger charge is 2.37. The molecule has 2 unspecified atom stereocenters. The number of nitrogens with one attached hydrogen (secondary N) is 1. The van der Waals surface area contributed by atoms with Gasteiger partial charge in [0.1, 0.15) is 0 Å². The highest BCUT2D eigenvalue weighted by atomic mass is 16.5. The van der Waals surface area contributed by atoms with Crippen LogP contribution in [0.25, 0.3) is 0 Å². The maximum absolute atomic E-state index is 12.1. The molecule has 0 spiro atoms. The van der Waals surface area contributed by atoms with Crippen molar-refractivity contribution in [2.75, 3.05) is 20.3 Å². The van der Waals surface area contributed by atoms with Gasteiger partial charge in [-0.3, -0.25) is 10.1 Å². The summed E-state index contributed by atoms with van der Waals surface area (Å²) < 4.78 is 5.00. The molecule has 0 aromatic carbocycles. The number of hydrogen-bond donors (Lipinski definition) is 1. The van der Waals surface area contributed by atoms with Gasteiger partial charge in [0.05, 0.1) is 12.2 Å². The monoisotopic (exact) mass is 228 g/mol. The van der Waals surface area contributed by atoms with E-state index >= 15 is 0 Å². The van der Waals surface area contributed by atoms with E-state index in [0.717, 1.165) is 26.0 Å². The number of carbonyl (C=O) groups excluding carboxylic acids is 1. The Morgan fingerprint density at radius 2 is 2.12 bits per heavy atom. The fraction of sp³-hybridized carbons (Fsp3) is 0.917. The average molecular weight is 228 g/mol. The van der Waals surface area contributed by atoms with E-state index in [2.05, 4.69) is 26.1 Å². The Hall–Kier alpha value is -0.610. The van der Waals surface area contributed by atoms with Gasteiger partial charge in [-0.2, -0.15) is 0 Å². The van der Waals surface area contributed by atoms with Gasteiger partial charge in [0.2, 0.25) is 5.91 Å². The first-order valence-electron chi connectivity index (χ1n) is 6.13. The van der Waals surface area contributed by atoms with Crippen molar-refractivity contribution in [2.45, 2.75) is 45.8 Å². The van der Waals surface area contributed by atoms with Gasteiger partial charge in [-0.25, -0.2) is 0 Å². The van der Waals surface area contributed by atoms with Crippen molar-refractivity contribution in [1.82, 2.24) is 10.2 Å². The summed E-state index contributed by atoms with van der Waals surface area (Å²) in [5.74, 6) is 0.610. The second-order valence-corrected chi connectivity index (χ2v) is 4.80. The maximum atomic E-state index is 12.1. The van der Waals surface area contributed by atoms with Gasteiger partial charge in [-0.05, 0) is 25.7 Å². The molecule has 1 fully saturated rings. The lowest BCUT2D eigenvalue weighted by Crippen LogP contribution is -2.35. The van der Waals surface area contributed by atoms with Gasteiger partial charge < -0.3 is 9.64 Å².